The van der Waals surface area contributed by atoms with Crippen molar-refractivity contribution in [3.63, 3.8) is 0 Å². The number of carbonyl (C=O) groups excluding carboxylic acids is 3. The lowest BCUT2D eigenvalue weighted by molar-refractivity contribution is -0.126. The summed E-state index contributed by atoms with van der Waals surface area (Å²) in [5.41, 5.74) is 2.47. The molecule has 0 atom stereocenters. The smallest absolute Gasteiger partial charge is 0.239 e. The van der Waals surface area contributed by atoms with Gasteiger partial charge in [0.2, 0.25) is 11.8 Å². The summed E-state index contributed by atoms with van der Waals surface area (Å²) in [6.07, 6.45) is 0.212. The van der Waals surface area contributed by atoms with Crippen molar-refractivity contribution in [3.8, 4) is 0 Å². The Morgan fingerprint density at radius 1 is 0.957 bits per heavy atom. The highest BCUT2D eigenvalue weighted by Gasteiger charge is 2.15. The van der Waals surface area contributed by atoms with Crippen molar-refractivity contribution in [2.75, 3.05) is 6.54 Å². The summed E-state index contributed by atoms with van der Waals surface area (Å²) in [6.45, 7) is 9.47. The normalized spacial score (nSPS) is 11.0. The van der Waals surface area contributed by atoms with Crippen LogP contribution in [0.4, 0.5) is 0 Å². The van der Waals surface area contributed by atoms with Gasteiger partial charge in [0, 0.05) is 23.9 Å². The molecule has 2 N–H and O–H groups in total. The second kappa shape index (κ2) is 7.90. The van der Waals surface area contributed by atoms with Crippen LogP contribution >= 0.6 is 0 Å². The molecule has 2 amide bonds. The maximum atomic E-state index is 12.1. The molecular formula is C18H26N2O3. The molecule has 0 heterocycles. The number of aryl methyl sites for hydroxylation is 2. The van der Waals surface area contributed by atoms with Gasteiger partial charge in [-0.3, -0.25) is 14.4 Å². The van der Waals surface area contributed by atoms with Crippen molar-refractivity contribution in [1.29, 1.82) is 0 Å². The van der Waals surface area contributed by atoms with E-state index in [1.165, 1.54) is 0 Å². The van der Waals surface area contributed by atoms with Crippen LogP contribution in [0.3, 0.4) is 0 Å². The van der Waals surface area contributed by atoms with Crippen molar-refractivity contribution in [1.82, 2.24) is 10.6 Å². The number of hydrogen-bond donors (Lipinski definition) is 2. The molecular weight excluding hydrogens is 292 g/mol. The van der Waals surface area contributed by atoms with Crippen LogP contribution in [-0.2, 0) is 9.59 Å². The first-order valence-corrected chi connectivity index (χ1v) is 7.76. The standard InChI is InChI=1S/C18H26N2O3/c1-12-6-7-14(10-13(12)2)15(21)8-9-16(22)19-11-17(23)20-18(3,4)5/h6-7,10H,8-9,11H2,1-5H3,(H,19,22)(H,20,23). The van der Waals surface area contributed by atoms with E-state index in [1.54, 1.807) is 6.07 Å². The Bertz CT molecular complexity index is 601. The Morgan fingerprint density at radius 3 is 2.17 bits per heavy atom. The SMILES string of the molecule is Cc1ccc(C(=O)CCC(=O)NCC(=O)NC(C)(C)C)cc1C. The molecule has 1 aromatic carbocycles. The molecule has 0 aliphatic heterocycles. The van der Waals surface area contributed by atoms with Gasteiger partial charge in [-0.15, -0.1) is 0 Å². The van der Waals surface area contributed by atoms with Crippen LogP contribution in [0.25, 0.3) is 0 Å². The number of rotatable bonds is 6. The fourth-order valence-corrected chi connectivity index (χ4v) is 2.02. The van der Waals surface area contributed by atoms with Gasteiger partial charge < -0.3 is 10.6 Å². The molecule has 0 saturated heterocycles. The zero-order valence-electron chi connectivity index (χ0n) is 14.6. The van der Waals surface area contributed by atoms with Crippen molar-refractivity contribution in [3.05, 3.63) is 34.9 Å². The van der Waals surface area contributed by atoms with Crippen LogP contribution in [0.2, 0.25) is 0 Å². The molecule has 0 aromatic heterocycles. The number of ketones is 1. The molecule has 0 aliphatic carbocycles. The average molecular weight is 318 g/mol. The molecule has 126 valence electrons. The van der Waals surface area contributed by atoms with Gasteiger partial charge in [0.15, 0.2) is 5.78 Å². The number of hydrogen-bond acceptors (Lipinski definition) is 3. The number of nitrogens with one attached hydrogen (secondary N) is 2. The monoisotopic (exact) mass is 318 g/mol. The molecule has 0 saturated carbocycles. The van der Waals surface area contributed by atoms with Crippen LogP contribution in [0.15, 0.2) is 18.2 Å². The second-order valence-electron chi connectivity index (χ2n) is 6.80. The van der Waals surface area contributed by atoms with Crippen molar-refractivity contribution >= 4 is 17.6 Å². The minimum absolute atomic E-state index is 0.0672. The third kappa shape index (κ3) is 7.08. The van der Waals surface area contributed by atoms with Gasteiger partial charge in [-0.1, -0.05) is 12.1 Å². The van der Waals surface area contributed by atoms with E-state index >= 15 is 0 Å². The Labute approximate surface area is 137 Å². The van der Waals surface area contributed by atoms with Gasteiger partial charge >= 0.3 is 0 Å². The van der Waals surface area contributed by atoms with Crippen LogP contribution in [0, 0.1) is 13.8 Å². The van der Waals surface area contributed by atoms with Crippen LogP contribution in [-0.4, -0.2) is 29.7 Å². The number of benzene rings is 1. The summed E-state index contributed by atoms with van der Waals surface area (Å²) in [5.74, 6) is -0.611. The third-order valence-corrected chi connectivity index (χ3v) is 3.37. The first kappa shape index (κ1) is 18.9. The van der Waals surface area contributed by atoms with E-state index in [0.717, 1.165) is 11.1 Å². The van der Waals surface area contributed by atoms with E-state index in [2.05, 4.69) is 10.6 Å². The van der Waals surface area contributed by atoms with E-state index < -0.39 is 0 Å². The molecule has 1 rings (SSSR count). The Balaban J connectivity index is 2.39. The predicted octanol–water partition coefficient (Wildman–Crippen LogP) is 2.30. The summed E-state index contributed by atoms with van der Waals surface area (Å²) in [5, 5.41) is 5.29. The summed E-state index contributed by atoms with van der Waals surface area (Å²) in [7, 11) is 0. The molecule has 5 nitrogen and oxygen atoms in total. The van der Waals surface area contributed by atoms with Crippen molar-refractivity contribution in [2.45, 2.75) is 53.0 Å². The summed E-state index contributed by atoms with van der Waals surface area (Å²) < 4.78 is 0. The zero-order chi connectivity index (χ0) is 17.6. The first-order chi connectivity index (χ1) is 10.6. The highest BCUT2D eigenvalue weighted by atomic mass is 16.2. The minimum atomic E-state index is -0.332. The lowest BCUT2D eigenvalue weighted by atomic mass is 10.0. The number of amides is 2. The summed E-state index contributed by atoms with van der Waals surface area (Å²) in [6, 6.07) is 5.52. The fraction of sp³-hybridized carbons (Fsp3) is 0.500. The van der Waals surface area contributed by atoms with E-state index in [1.807, 2.05) is 46.8 Å². The lowest BCUT2D eigenvalue weighted by Gasteiger charge is -2.20. The molecule has 0 unspecified atom stereocenters. The van der Waals surface area contributed by atoms with Crippen molar-refractivity contribution in [2.24, 2.45) is 0 Å². The molecule has 0 bridgehead atoms. The van der Waals surface area contributed by atoms with Gasteiger partial charge in [0.25, 0.3) is 0 Å². The van der Waals surface area contributed by atoms with Gasteiger partial charge in [0.05, 0.1) is 6.54 Å². The maximum absolute atomic E-state index is 12.1. The maximum Gasteiger partial charge on any atom is 0.239 e. The Morgan fingerprint density at radius 2 is 1.61 bits per heavy atom. The average Bonchev–Trinajstić information content (AvgIpc) is 2.43. The molecule has 0 aliphatic rings. The molecule has 5 heteroatoms. The van der Waals surface area contributed by atoms with Crippen molar-refractivity contribution < 1.29 is 14.4 Å². The molecule has 0 fully saturated rings. The highest BCUT2D eigenvalue weighted by Crippen LogP contribution is 2.12. The zero-order valence-corrected chi connectivity index (χ0v) is 14.6. The van der Waals surface area contributed by atoms with E-state index in [9.17, 15) is 14.4 Å². The largest absolute Gasteiger partial charge is 0.350 e. The number of Topliss-reactive ketones (excluding diaryl/α,β-unsaturated/α-hetero) is 1. The molecule has 23 heavy (non-hydrogen) atoms. The van der Waals surface area contributed by atoms with Gasteiger partial charge in [-0.2, -0.15) is 0 Å². The summed E-state index contributed by atoms with van der Waals surface area (Å²) in [4.78, 5) is 35.4. The van der Waals surface area contributed by atoms with Crippen LogP contribution in [0.1, 0.15) is 55.1 Å². The fourth-order valence-electron chi connectivity index (χ4n) is 2.02. The van der Waals surface area contributed by atoms with Gasteiger partial charge in [0.1, 0.15) is 0 Å². The van der Waals surface area contributed by atoms with E-state index in [4.69, 9.17) is 0 Å². The lowest BCUT2D eigenvalue weighted by Crippen LogP contribution is -2.45. The Hall–Kier alpha value is -2.17. The third-order valence-electron chi connectivity index (χ3n) is 3.37. The Kier molecular flexibility index (Phi) is 6.49. The highest BCUT2D eigenvalue weighted by molar-refractivity contribution is 5.98. The van der Waals surface area contributed by atoms with E-state index in [0.29, 0.717) is 5.56 Å². The second-order valence-corrected chi connectivity index (χ2v) is 6.80. The van der Waals surface area contributed by atoms with Crippen LogP contribution < -0.4 is 10.6 Å². The first-order valence-electron chi connectivity index (χ1n) is 7.76. The van der Waals surface area contributed by atoms with Crippen LogP contribution in [0.5, 0.6) is 0 Å². The predicted molar refractivity (Wildman–Crippen MR) is 90.4 cm³/mol. The van der Waals surface area contributed by atoms with E-state index in [-0.39, 0.29) is 42.5 Å². The van der Waals surface area contributed by atoms with Gasteiger partial charge in [-0.25, -0.2) is 0 Å². The van der Waals surface area contributed by atoms with Gasteiger partial charge in [-0.05, 0) is 51.8 Å². The quantitative estimate of drug-likeness (QED) is 0.790. The molecule has 0 radical (unpaired) electrons. The topological polar surface area (TPSA) is 75.3 Å². The molecule has 1 aromatic rings. The number of carbonyl (C=O) groups is 3. The minimum Gasteiger partial charge on any atom is -0.350 e. The summed E-state index contributed by atoms with van der Waals surface area (Å²) >= 11 is 0. The molecule has 0 spiro atoms.